The van der Waals surface area contributed by atoms with Gasteiger partial charge in [0.2, 0.25) is 0 Å². The van der Waals surface area contributed by atoms with Crippen LogP contribution in [-0.2, 0) is 4.79 Å². The molecule has 0 heterocycles. The molecule has 26 heavy (non-hydrogen) atoms. The zero-order valence-electron chi connectivity index (χ0n) is 13.7. The fourth-order valence-corrected chi connectivity index (χ4v) is 3.23. The summed E-state index contributed by atoms with van der Waals surface area (Å²) in [7, 11) is 0. The second-order valence-corrected chi connectivity index (χ2v) is 6.47. The molecule has 1 atom stereocenters. The quantitative estimate of drug-likeness (QED) is 0.364. The van der Waals surface area contributed by atoms with Crippen LogP contribution in [0.2, 0.25) is 0 Å². The van der Waals surface area contributed by atoms with Crippen molar-refractivity contribution in [2.75, 3.05) is 11.1 Å². The predicted octanol–water partition coefficient (Wildman–Crippen LogP) is 3.26. The number of aliphatic carboxylic acids is 1. The van der Waals surface area contributed by atoms with E-state index < -0.39 is 28.6 Å². The number of nitro benzene ring substituents is 1. The Morgan fingerprint density at radius 1 is 1.23 bits per heavy atom. The molecule has 0 aliphatic heterocycles. The molecule has 2 rings (SSSR count). The zero-order valence-corrected chi connectivity index (χ0v) is 14.5. The molecular formula is C17H16N2O6S. The summed E-state index contributed by atoms with van der Waals surface area (Å²) in [6.07, 6.45) is 0. The van der Waals surface area contributed by atoms with E-state index in [1.54, 1.807) is 0 Å². The molecule has 1 unspecified atom stereocenters. The first-order chi connectivity index (χ1) is 12.3. The summed E-state index contributed by atoms with van der Waals surface area (Å²) in [5, 5.41) is 32.2. The molecule has 0 radical (unpaired) electrons. The lowest BCUT2D eigenvalue weighted by atomic mass is 10.1. The second kappa shape index (κ2) is 8.34. The van der Waals surface area contributed by atoms with Gasteiger partial charge in [-0.3, -0.25) is 10.1 Å². The smallest absolute Gasteiger partial charge is 0.335 e. The number of nitrogens with zero attached hydrogens (tertiary/aromatic N) is 1. The number of hydrogen-bond acceptors (Lipinski definition) is 6. The van der Waals surface area contributed by atoms with Crippen molar-refractivity contribution in [1.82, 2.24) is 0 Å². The van der Waals surface area contributed by atoms with Crippen LogP contribution in [0.4, 0.5) is 11.4 Å². The molecule has 0 aliphatic rings. The van der Waals surface area contributed by atoms with Crippen molar-refractivity contribution in [2.24, 2.45) is 0 Å². The number of nitrogens with one attached hydrogen (secondary N) is 1. The van der Waals surface area contributed by atoms with Crippen LogP contribution in [0.25, 0.3) is 0 Å². The fraction of sp³-hybridized carbons (Fsp3) is 0.176. The number of carboxylic acid groups (broad SMARTS) is 2. The first-order valence-corrected chi connectivity index (χ1v) is 8.47. The lowest BCUT2D eigenvalue weighted by Crippen LogP contribution is -2.32. The Hall–Kier alpha value is -3.07. The van der Waals surface area contributed by atoms with Gasteiger partial charge in [-0.2, -0.15) is 0 Å². The third kappa shape index (κ3) is 4.73. The molecule has 0 fully saturated rings. The van der Waals surface area contributed by atoms with E-state index in [-0.39, 0.29) is 17.0 Å². The van der Waals surface area contributed by atoms with Crippen LogP contribution < -0.4 is 5.32 Å². The number of nitro groups is 1. The molecule has 8 nitrogen and oxygen atoms in total. The number of benzene rings is 2. The van der Waals surface area contributed by atoms with Crippen LogP contribution in [0.1, 0.15) is 15.9 Å². The van der Waals surface area contributed by atoms with Crippen molar-refractivity contribution in [1.29, 1.82) is 0 Å². The van der Waals surface area contributed by atoms with Gasteiger partial charge in [0.05, 0.1) is 10.5 Å². The van der Waals surface area contributed by atoms with Crippen LogP contribution in [-0.4, -0.2) is 38.9 Å². The zero-order chi connectivity index (χ0) is 19.3. The molecule has 0 saturated heterocycles. The first-order valence-electron chi connectivity index (χ1n) is 7.49. The van der Waals surface area contributed by atoms with Gasteiger partial charge in [-0.1, -0.05) is 18.2 Å². The van der Waals surface area contributed by atoms with E-state index in [2.05, 4.69) is 5.32 Å². The Morgan fingerprint density at radius 3 is 2.50 bits per heavy atom. The SMILES string of the molecule is Cc1ccccc1SCC(Nc1ccc(C(=O)O)cc1[N+](=O)[O-])C(=O)O. The maximum Gasteiger partial charge on any atom is 0.335 e. The van der Waals surface area contributed by atoms with E-state index >= 15 is 0 Å². The van der Waals surface area contributed by atoms with Crippen molar-refractivity contribution in [3.63, 3.8) is 0 Å². The average molecular weight is 376 g/mol. The van der Waals surface area contributed by atoms with Crippen LogP contribution in [0, 0.1) is 17.0 Å². The highest BCUT2D eigenvalue weighted by atomic mass is 32.2. The summed E-state index contributed by atoms with van der Waals surface area (Å²) in [6, 6.07) is 9.69. The highest BCUT2D eigenvalue weighted by Gasteiger charge is 2.23. The summed E-state index contributed by atoms with van der Waals surface area (Å²) in [6.45, 7) is 1.90. The van der Waals surface area contributed by atoms with Gasteiger partial charge in [-0.15, -0.1) is 11.8 Å². The Kier molecular flexibility index (Phi) is 6.18. The maximum atomic E-state index is 11.5. The molecule has 0 saturated carbocycles. The van der Waals surface area contributed by atoms with Gasteiger partial charge in [0.15, 0.2) is 0 Å². The number of rotatable bonds is 8. The monoisotopic (exact) mass is 376 g/mol. The number of thioether (sulfide) groups is 1. The largest absolute Gasteiger partial charge is 0.480 e. The average Bonchev–Trinajstić information content (AvgIpc) is 2.59. The highest BCUT2D eigenvalue weighted by molar-refractivity contribution is 7.99. The molecule has 9 heteroatoms. The van der Waals surface area contributed by atoms with Gasteiger partial charge < -0.3 is 15.5 Å². The summed E-state index contributed by atoms with van der Waals surface area (Å²) in [4.78, 5) is 33.9. The van der Waals surface area contributed by atoms with E-state index in [1.165, 1.54) is 23.9 Å². The van der Waals surface area contributed by atoms with Crippen molar-refractivity contribution in [3.05, 3.63) is 63.7 Å². The molecule has 0 aliphatic carbocycles. The lowest BCUT2D eigenvalue weighted by molar-refractivity contribution is -0.384. The van der Waals surface area contributed by atoms with E-state index in [1.807, 2.05) is 31.2 Å². The van der Waals surface area contributed by atoms with Crippen LogP contribution >= 0.6 is 11.8 Å². The second-order valence-electron chi connectivity index (χ2n) is 5.41. The lowest BCUT2D eigenvalue weighted by Gasteiger charge is -2.16. The van der Waals surface area contributed by atoms with Gasteiger partial charge in [-0.05, 0) is 30.7 Å². The van der Waals surface area contributed by atoms with E-state index in [4.69, 9.17) is 5.11 Å². The Labute approximate surface area is 153 Å². The van der Waals surface area contributed by atoms with Gasteiger partial charge in [0.1, 0.15) is 11.7 Å². The van der Waals surface area contributed by atoms with Crippen molar-refractivity contribution < 1.29 is 24.7 Å². The summed E-state index contributed by atoms with van der Waals surface area (Å²) < 4.78 is 0. The van der Waals surface area contributed by atoms with Crippen LogP contribution in [0.5, 0.6) is 0 Å². The normalized spacial score (nSPS) is 11.6. The molecule has 3 N–H and O–H groups in total. The minimum absolute atomic E-state index is 0.0437. The van der Waals surface area contributed by atoms with E-state index in [0.717, 1.165) is 16.5 Å². The summed E-state index contributed by atoms with van der Waals surface area (Å²) in [5.41, 5.74) is 0.219. The third-order valence-corrected chi connectivity index (χ3v) is 4.84. The topological polar surface area (TPSA) is 130 Å². The van der Waals surface area contributed by atoms with Crippen LogP contribution in [0.3, 0.4) is 0 Å². The number of hydrogen-bond donors (Lipinski definition) is 3. The molecule has 0 bridgehead atoms. The molecule has 0 aromatic heterocycles. The number of carboxylic acids is 2. The Balaban J connectivity index is 2.22. The van der Waals surface area contributed by atoms with E-state index in [0.29, 0.717) is 0 Å². The summed E-state index contributed by atoms with van der Waals surface area (Å²) >= 11 is 1.32. The van der Waals surface area contributed by atoms with Gasteiger partial charge >= 0.3 is 11.9 Å². The number of aryl methyl sites for hydroxylation is 1. The van der Waals surface area contributed by atoms with Crippen molar-refractivity contribution >= 4 is 35.1 Å². The molecule has 2 aromatic carbocycles. The third-order valence-electron chi connectivity index (χ3n) is 3.57. The van der Waals surface area contributed by atoms with Gasteiger partial charge in [-0.25, -0.2) is 9.59 Å². The number of aromatic carboxylic acids is 1. The van der Waals surface area contributed by atoms with Crippen molar-refractivity contribution in [3.8, 4) is 0 Å². The molecular weight excluding hydrogens is 360 g/mol. The Morgan fingerprint density at radius 2 is 1.92 bits per heavy atom. The van der Waals surface area contributed by atoms with Crippen molar-refractivity contribution in [2.45, 2.75) is 17.9 Å². The van der Waals surface area contributed by atoms with Crippen LogP contribution in [0.15, 0.2) is 47.4 Å². The first kappa shape index (κ1) is 19.3. The van der Waals surface area contributed by atoms with Gasteiger partial charge in [0.25, 0.3) is 5.69 Å². The molecule has 2 aromatic rings. The van der Waals surface area contributed by atoms with E-state index in [9.17, 15) is 24.8 Å². The Bertz CT molecular complexity index is 855. The molecule has 0 amide bonds. The number of anilines is 1. The number of carbonyl (C=O) groups is 2. The molecule has 0 spiro atoms. The summed E-state index contributed by atoms with van der Waals surface area (Å²) in [5.74, 6) is -2.33. The minimum Gasteiger partial charge on any atom is -0.480 e. The van der Waals surface area contributed by atoms with Gasteiger partial charge in [0, 0.05) is 16.7 Å². The standard InChI is InChI=1S/C17H16N2O6S/c1-10-4-2-3-5-15(10)26-9-13(17(22)23)18-12-7-6-11(16(20)21)8-14(12)19(24)25/h2-8,13,18H,9H2,1H3,(H,20,21)(H,22,23). The predicted molar refractivity (Wildman–Crippen MR) is 97.0 cm³/mol. The fourth-order valence-electron chi connectivity index (χ4n) is 2.19. The highest BCUT2D eigenvalue weighted by Crippen LogP contribution is 2.28. The molecule has 136 valence electrons. The minimum atomic E-state index is -1.30. The maximum absolute atomic E-state index is 11.5.